The zero-order valence-electron chi connectivity index (χ0n) is 21.3. The average Bonchev–Trinajstić information content (AvgIpc) is 3.16. The van der Waals surface area contributed by atoms with Crippen molar-refractivity contribution in [3.8, 4) is 22.3 Å². The van der Waals surface area contributed by atoms with E-state index in [1.165, 1.54) is 10.8 Å². The van der Waals surface area contributed by atoms with E-state index in [-0.39, 0.29) is 0 Å². The van der Waals surface area contributed by atoms with Gasteiger partial charge in [-0.15, -0.1) is 0 Å². The van der Waals surface area contributed by atoms with Gasteiger partial charge in [0.25, 0.3) is 0 Å². The fourth-order valence-corrected chi connectivity index (χ4v) is 6.40. The quantitative estimate of drug-likeness (QED) is 0.236. The molecule has 0 fully saturated rings. The first-order valence-corrected chi connectivity index (χ1v) is 13.9. The highest BCUT2D eigenvalue weighted by Crippen LogP contribution is 2.47. The first-order valence-electron chi connectivity index (χ1n) is 12.7. The Balaban J connectivity index is 1.84. The maximum absolute atomic E-state index is 6.90. The summed E-state index contributed by atoms with van der Waals surface area (Å²) in [4.78, 5) is 0. The van der Waals surface area contributed by atoms with Crippen molar-refractivity contribution >= 4 is 51.6 Å². The summed E-state index contributed by atoms with van der Waals surface area (Å²) in [6.07, 6.45) is 0. The van der Waals surface area contributed by atoms with Crippen molar-refractivity contribution in [2.24, 2.45) is 0 Å². The van der Waals surface area contributed by atoms with E-state index < -0.39 is 8.16 Å². The van der Waals surface area contributed by atoms with Gasteiger partial charge in [-0.05, 0) is 44.8 Å². The third kappa shape index (κ3) is 3.71. The molecule has 0 radical (unpaired) electrons. The summed E-state index contributed by atoms with van der Waals surface area (Å²) in [5.74, 6) is 0. The normalized spacial score (nSPS) is 11.7. The minimum absolute atomic E-state index is 0.865. The number of fused-ring (bicyclic) bond motifs is 7. The Morgan fingerprint density at radius 2 is 0.895 bits per heavy atom. The Morgan fingerprint density at radius 3 is 1.32 bits per heavy atom. The van der Waals surface area contributed by atoms with Crippen molar-refractivity contribution in [3.05, 3.63) is 121 Å². The van der Waals surface area contributed by atoms with Crippen LogP contribution in [0.3, 0.4) is 0 Å². The molecule has 3 nitrogen and oxygen atoms in total. The highest BCUT2D eigenvalue weighted by Gasteiger charge is 2.20. The van der Waals surface area contributed by atoms with Crippen molar-refractivity contribution in [2.45, 2.75) is 0 Å². The van der Waals surface area contributed by atoms with Crippen LogP contribution in [0.15, 0.2) is 130 Å². The van der Waals surface area contributed by atoms with Gasteiger partial charge in [0.05, 0.1) is 0 Å². The van der Waals surface area contributed by atoms with Crippen LogP contribution in [0, 0.1) is 0 Å². The Labute approximate surface area is 222 Å². The highest BCUT2D eigenvalue weighted by molar-refractivity contribution is 7.38. The first kappa shape index (κ1) is 22.9. The van der Waals surface area contributed by atoms with Gasteiger partial charge in [0.1, 0.15) is 0 Å². The minimum Gasteiger partial charge on any atom is -0.407 e. The van der Waals surface area contributed by atoms with E-state index in [2.05, 4.69) is 121 Å². The molecule has 0 aliphatic carbocycles. The predicted octanol–water partition coefficient (Wildman–Crippen LogP) is 10.1. The molecule has 0 amide bonds. The van der Waals surface area contributed by atoms with Gasteiger partial charge in [-0.1, -0.05) is 109 Å². The van der Waals surface area contributed by atoms with Crippen molar-refractivity contribution in [2.75, 3.05) is 18.8 Å². The number of nitrogens with zero attached hydrogens (tertiary/aromatic N) is 1. The zero-order chi connectivity index (χ0) is 25.6. The molecule has 0 N–H and O–H groups in total. The van der Waals surface area contributed by atoms with E-state index in [9.17, 15) is 0 Å². The molecule has 184 valence electrons. The molecule has 0 saturated heterocycles. The van der Waals surface area contributed by atoms with Crippen LogP contribution in [-0.4, -0.2) is 14.1 Å². The van der Waals surface area contributed by atoms with Gasteiger partial charge in [-0.25, -0.2) is 4.67 Å². The molecule has 0 aliphatic rings. The fourth-order valence-electron chi connectivity index (χ4n) is 5.35. The number of hydrogen-bond acceptors (Lipinski definition) is 3. The zero-order valence-corrected chi connectivity index (χ0v) is 22.2. The molecule has 7 rings (SSSR count). The molecular weight excluding hydrogens is 485 g/mol. The monoisotopic (exact) mass is 511 g/mol. The number of rotatable bonds is 3. The van der Waals surface area contributed by atoms with E-state index in [0.717, 1.165) is 55.0 Å². The van der Waals surface area contributed by atoms with Gasteiger partial charge in [0, 0.05) is 36.0 Å². The summed E-state index contributed by atoms with van der Waals surface area (Å²) in [7, 11) is 2.61. The Kier molecular flexibility index (Phi) is 5.55. The molecule has 1 heterocycles. The minimum atomic E-state index is -1.42. The molecule has 0 atom stereocenters. The van der Waals surface area contributed by atoms with Crippen LogP contribution in [0.25, 0.3) is 65.7 Å². The summed E-state index contributed by atoms with van der Waals surface area (Å²) in [6.45, 7) is 0. The SMILES string of the molecule is CN(C)p1oc2c(-c3ccccc3)cc3ccccc3c2c2c(o1)c(-c1ccccc1)cc1ccccc12. The number of benzene rings is 6. The van der Waals surface area contributed by atoms with E-state index in [4.69, 9.17) is 8.39 Å². The lowest BCUT2D eigenvalue weighted by Gasteiger charge is -2.12. The Hall–Kier alpha value is -4.30. The Morgan fingerprint density at radius 1 is 0.500 bits per heavy atom. The summed E-state index contributed by atoms with van der Waals surface area (Å²) in [6, 6.07) is 42.7. The maximum Gasteiger partial charge on any atom is 0.309 e. The molecule has 0 saturated carbocycles. The van der Waals surface area contributed by atoms with Gasteiger partial charge in [-0.2, -0.15) is 0 Å². The van der Waals surface area contributed by atoms with Crippen LogP contribution in [-0.2, 0) is 0 Å². The fraction of sp³-hybridized carbons (Fsp3) is 0.0588. The van der Waals surface area contributed by atoms with Gasteiger partial charge in [0.15, 0.2) is 11.2 Å². The second-order valence-electron chi connectivity index (χ2n) is 9.70. The summed E-state index contributed by atoms with van der Waals surface area (Å²) in [5.41, 5.74) is 6.11. The van der Waals surface area contributed by atoms with Crippen molar-refractivity contribution in [1.29, 1.82) is 0 Å². The molecule has 4 heteroatoms. The van der Waals surface area contributed by atoms with Crippen molar-refractivity contribution in [3.63, 3.8) is 0 Å². The Bertz CT molecular complexity index is 1850. The first-order chi connectivity index (χ1) is 18.7. The summed E-state index contributed by atoms with van der Waals surface area (Å²) in [5, 5.41) is 6.81. The third-order valence-electron chi connectivity index (χ3n) is 7.09. The van der Waals surface area contributed by atoms with E-state index in [1.54, 1.807) is 0 Å². The lowest BCUT2D eigenvalue weighted by molar-refractivity contribution is 0.636. The van der Waals surface area contributed by atoms with Crippen LogP contribution in [0.5, 0.6) is 0 Å². The summed E-state index contributed by atoms with van der Waals surface area (Å²) >= 11 is 0. The van der Waals surface area contributed by atoms with Crippen LogP contribution in [0.4, 0.5) is 0 Å². The maximum atomic E-state index is 6.90. The van der Waals surface area contributed by atoms with Crippen LogP contribution < -0.4 is 4.67 Å². The number of hydrogen-bond donors (Lipinski definition) is 0. The molecule has 6 aromatic carbocycles. The average molecular weight is 512 g/mol. The van der Waals surface area contributed by atoms with Gasteiger partial charge in [-0.3, -0.25) is 0 Å². The second kappa shape index (κ2) is 9.22. The predicted molar refractivity (Wildman–Crippen MR) is 162 cm³/mol. The van der Waals surface area contributed by atoms with Crippen LogP contribution in [0.1, 0.15) is 0 Å². The molecule has 38 heavy (non-hydrogen) atoms. The molecule has 1 aromatic heterocycles. The van der Waals surface area contributed by atoms with E-state index in [1.807, 2.05) is 18.8 Å². The molecule has 0 spiro atoms. The van der Waals surface area contributed by atoms with Crippen molar-refractivity contribution < 1.29 is 8.39 Å². The van der Waals surface area contributed by atoms with Gasteiger partial charge < -0.3 is 8.39 Å². The lowest BCUT2D eigenvalue weighted by atomic mass is 9.91. The third-order valence-corrected chi connectivity index (χ3v) is 8.42. The standard InChI is InChI=1S/C34H26NO2P/c1-35(2)38-36-33-29(23-13-5-3-6-14-23)21-25-17-9-11-19-27(25)31(33)32-28-20-12-10-18-26(28)22-30(34(32)37-38)24-15-7-4-8-16-24/h3-22H,1-2H3. The van der Waals surface area contributed by atoms with Crippen LogP contribution in [0.2, 0.25) is 0 Å². The second-order valence-corrected chi connectivity index (χ2v) is 11.3. The molecule has 0 aliphatic heterocycles. The van der Waals surface area contributed by atoms with Gasteiger partial charge in [0.2, 0.25) is 0 Å². The van der Waals surface area contributed by atoms with E-state index in [0.29, 0.717) is 0 Å². The largest absolute Gasteiger partial charge is 0.407 e. The molecule has 0 unspecified atom stereocenters. The van der Waals surface area contributed by atoms with E-state index >= 15 is 0 Å². The smallest absolute Gasteiger partial charge is 0.309 e. The highest BCUT2D eigenvalue weighted by atomic mass is 31.1. The molecule has 0 bridgehead atoms. The lowest BCUT2D eigenvalue weighted by Crippen LogP contribution is -2.02. The van der Waals surface area contributed by atoms with Crippen molar-refractivity contribution in [1.82, 2.24) is 0 Å². The van der Waals surface area contributed by atoms with Crippen LogP contribution >= 0.6 is 8.16 Å². The van der Waals surface area contributed by atoms with Gasteiger partial charge >= 0.3 is 8.16 Å². The summed E-state index contributed by atoms with van der Waals surface area (Å²) < 4.78 is 15.8. The molecular formula is C34H26NO2P. The topological polar surface area (TPSA) is 29.5 Å². The molecule has 7 aromatic rings.